The molecule has 0 aliphatic carbocycles. The van der Waals surface area contributed by atoms with Crippen LogP contribution in [0, 0.1) is 5.82 Å². The average Bonchev–Trinajstić information content (AvgIpc) is 2.56. The van der Waals surface area contributed by atoms with Crippen LogP contribution in [-0.4, -0.2) is 26.1 Å². The van der Waals surface area contributed by atoms with Gasteiger partial charge in [0.05, 0.1) is 19.8 Å². The van der Waals surface area contributed by atoms with Gasteiger partial charge in [-0.05, 0) is 31.2 Å². The summed E-state index contributed by atoms with van der Waals surface area (Å²) in [5.41, 5.74) is 1.28. The van der Waals surface area contributed by atoms with E-state index in [1.54, 1.807) is 25.3 Å². The van der Waals surface area contributed by atoms with Gasteiger partial charge in [-0.3, -0.25) is 4.79 Å². The molecule has 23 heavy (non-hydrogen) atoms. The fourth-order valence-electron chi connectivity index (χ4n) is 2.28. The molecule has 2 rings (SSSR count). The summed E-state index contributed by atoms with van der Waals surface area (Å²) >= 11 is 0. The second-order valence-corrected chi connectivity index (χ2v) is 5.57. The van der Waals surface area contributed by atoms with Crippen LogP contribution in [-0.2, 0) is 11.3 Å². The maximum Gasteiger partial charge on any atom is 0.282 e. The van der Waals surface area contributed by atoms with Gasteiger partial charge in [-0.15, -0.1) is 0 Å². The number of rotatable bonds is 6. The monoisotopic (exact) mass is 317 g/mol. The Hall–Kier alpha value is -2.40. The zero-order valence-corrected chi connectivity index (χ0v) is 13.6. The van der Waals surface area contributed by atoms with Crippen molar-refractivity contribution in [1.82, 2.24) is 0 Å². The Morgan fingerprint density at radius 1 is 1.26 bits per heavy atom. The minimum atomic E-state index is -0.432. The lowest BCUT2D eigenvalue weighted by Crippen LogP contribution is -3.12. The van der Waals surface area contributed by atoms with Crippen LogP contribution >= 0.6 is 0 Å². The first-order chi connectivity index (χ1) is 11.0. The van der Waals surface area contributed by atoms with Crippen molar-refractivity contribution in [3.63, 3.8) is 0 Å². The smallest absolute Gasteiger partial charge is 0.282 e. The highest BCUT2D eigenvalue weighted by Gasteiger charge is 2.22. The average molecular weight is 317 g/mol. The van der Waals surface area contributed by atoms with E-state index < -0.39 is 5.82 Å². The van der Waals surface area contributed by atoms with E-state index in [-0.39, 0.29) is 17.6 Å². The van der Waals surface area contributed by atoms with Crippen LogP contribution < -0.4 is 15.0 Å². The number of anilines is 1. The van der Waals surface area contributed by atoms with Gasteiger partial charge in [0, 0.05) is 5.56 Å². The largest absolute Gasteiger partial charge is 0.497 e. The van der Waals surface area contributed by atoms with Crippen LogP contribution in [0.3, 0.4) is 0 Å². The summed E-state index contributed by atoms with van der Waals surface area (Å²) in [6.07, 6.45) is 0. The number of quaternary nitrogens is 1. The van der Waals surface area contributed by atoms with Crippen LogP contribution in [0.5, 0.6) is 5.75 Å². The van der Waals surface area contributed by atoms with Crippen molar-refractivity contribution < 1.29 is 18.8 Å². The second kappa shape index (κ2) is 7.74. The molecule has 0 saturated heterocycles. The van der Waals surface area contributed by atoms with Crippen LogP contribution in [0.4, 0.5) is 10.1 Å². The Balaban J connectivity index is 1.99. The highest BCUT2D eigenvalue weighted by atomic mass is 19.1. The minimum absolute atomic E-state index is 0.207. The normalized spacial score (nSPS) is 13.2. The molecule has 5 heteroatoms. The van der Waals surface area contributed by atoms with Gasteiger partial charge in [0.15, 0.2) is 6.04 Å². The highest BCUT2D eigenvalue weighted by molar-refractivity contribution is 5.93. The summed E-state index contributed by atoms with van der Waals surface area (Å²) in [5.74, 6) is 0.146. The Bertz CT molecular complexity index is 676. The van der Waals surface area contributed by atoms with Crippen LogP contribution in [0.2, 0.25) is 0 Å². The second-order valence-electron chi connectivity index (χ2n) is 5.57. The molecule has 2 aromatic rings. The fourth-order valence-corrected chi connectivity index (χ4v) is 2.28. The molecule has 4 nitrogen and oxygen atoms in total. The number of hydrogen-bond acceptors (Lipinski definition) is 2. The van der Waals surface area contributed by atoms with Gasteiger partial charge in [-0.25, -0.2) is 4.39 Å². The lowest BCUT2D eigenvalue weighted by atomic mass is 10.1. The van der Waals surface area contributed by atoms with Gasteiger partial charge in [-0.2, -0.15) is 0 Å². The van der Waals surface area contributed by atoms with Crippen molar-refractivity contribution in [3.8, 4) is 5.75 Å². The summed E-state index contributed by atoms with van der Waals surface area (Å²) in [7, 11) is 3.56. The molecule has 2 aromatic carbocycles. The molecule has 0 fully saturated rings. The zero-order chi connectivity index (χ0) is 16.8. The quantitative estimate of drug-likeness (QED) is 0.854. The van der Waals surface area contributed by atoms with E-state index in [2.05, 4.69) is 5.32 Å². The van der Waals surface area contributed by atoms with Gasteiger partial charge in [0.2, 0.25) is 0 Å². The van der Waals surface area contributed by atoms with Crippen LogP contribution in [0.15, 0.2) is 48.5 Å². The van der Waals surface area contributed by atoms with Crippen LogP contribution in [0.1, 0.15) is 12.5 Å². The number of para-hydroxylation sites is 1. The van der Waals surface area contributed by atoms with Crippen molar-refractivity contribution >= 4 is 11.6 Å². The molecule has 1 unspecified atom stereocenters. The zero-order valence-electron chi connectivity index (χ0n) is 13.6. The first kappa shape index (κ1) is 17.0. The number of benzene rings is 2. The number of likely N-dealkylation sites (N-methyl/N-ethyl adjacent to an activating group) is 1. The Labute approximate surface area is 135 Å². The maximum absolute atomic E-state index is 13.6. The Kier molecular flexibility index (Phi) is 5.71. The number of methoxy groups -OCH3 is 1. The minimum Gasteiger partial charge on any atom is -0.497 e. The number of carbonyl (C=O) groups excluding carboxylic acids is 1. The van der Waals surface area contributed by atoms with Gasteiger partial charge in [0.1, 0.15) is 18.1 Å². The molecule has 122 valence electrons. The number of halogens is 1. The first-order valence-electron chi connectivity index (χ1n) is 7.52. The summed E-state index contributed by atoms with van der Waals surface area (Å²) in [4.78, 5) is 13.3. The number of amides is 1. The molecule has 1 amide bonds. The van der Waals surface area contributed by atoms with Gasteiger partial charge in [0.25, 0.3) is 5.91 Å². The summed E-state index contributed by atoms with van der Waals surface area (Å²) in [6.45, 7) is 2.49. The third-order valence-electron chi connectivity index (χ3n) is 3.88. The van der Waals surface area contributed by atoms with E-state index in [9.17, 15) is 9.18 Å². The van der Waals surface area contributed by atoms with E-state index in [0.29, 0.717) is 6.54 Å². The molecular formula is C18H22FN2O2+. The predicted molar refractivity (Wildman–Crippen MR) is 88.1 cm³/mol. The summed E-state index contributed by atoms with van der Waals surface area (Å²) in [5, 5.41) is 2.64. The molecule has 2 N–H and O–H groups in total. The van der Waals surface area contributed by atoms with E-state index in [0.717, 1.165) is 16.2 Å². The Morgan fingerprint density at radius 3 is 2.70 bits per heavy atom. The van der Waals surface area contributed by atoms with Gasteiger partial charge < -0.3 is 15.0 Å². The van der Waals surface area contributed by atoms with E-state index >= 15 is 0 Å². The topological polar surface area (TPSA) is 42.8 Å². The molecule has 2 atom stereocenters. The molecule has 0 aliphatic rings. The highest BCUT2D eigenvalue weighted by Crippen LogP contribution is 2.13. The van der Waals surface area contributed by atoms with Gasteiger partial charge >= 0.3 is 0 Å². The maximum atomic E-state index is 13.6. The standard InChI is InChI=1S/C18H21FN2O2/c1-13(18(22)20-17-10-5-4-9-16(17)19)21(2)12-14-7-6-8-15(11-14)23-3/h4-11,13H,12H2,1-3H3,(H,20,22)/p+1/t13-/m0/s1. The van der Waals surface area contributed by atoms with Crippen LogP contribution in [0.25, 0.3) is 0 Å². The molecule has 0 aromatic heterocycles. The van der Waals surface area contributed by atoms with Crippen molar-refractivity contribution in [2.24, 2.45) is 0 Å². The van der Waals surface area contributed by atoms with Crippen molar-refractivity contribution in [2.45, 2.75) is 19.5 Å². The van der Waals surface area contributed by atoms with Crippen molar-refractivity contribution in [1.29, 1.82) is 0 Å². The number of carbonyl (C=O) groups is 1. The summed E-state index contributed by atoms with van der Waals surface area (Å²) < 4.78 is 18.8. The third kappa shape index (κ3) is 4.53. The van der Waals surface area contributed by atoms with E-state index in [1.807, 2.05) is 38.2 Å². The van der Waals surface area contributed by atoms with Crippen molar-refractivity contribution in [2.75, 3.05) is 19.5 Å². The molecule has 0 spiro atoms. The lowest BCUT2D eigenvalue weighted by molar-refractivity contribution is -0.907. The Morgan fingerprint density at radius 2 is 2.00 bits per heavy atom. The molecule has 0 radical (unpaired) electrons. The molecule has 0 saturated carbocycles. The SMILES string of the molecule is COc1cccc(C[NH+](C)[C@@H](C)C(=O)Nc2ccccc2F)c1. The molecule has 0 aliphatic heterocycles. The lowest BCUT2D eigenvalue weighted by Gasteiger charge is -2.21. The van der Waals surface area contributed by atoms with E-state index in [1.165, 1.54) is 6.07 Å². The number of hydrogen-bond donors (Lipinski definition) is 2. The fraction of sp³-hybridized carbons (Fsp3) is 0.278. The number of ether oxygens (including phenoxy) is 1. The van der Waals surface area contributed by atoms with Crippen molar-refractivity contribution in [3.05, 3.63) is 59.9 Å². The van der Waals surface area contributed by atoms with Gasteiger partial charge in [-0.1, -0.05) is 24.3 Å². The number of nitrogens with one attached hydrogen (secondary N) is 2. The molecule has 0 heterocycles. The van der Waals surface area contributed by atoms with E-state index in [4.69, 9.17) is 4.74 Å². The first-order valence-corrected chi connectivity index (χ1v) is 7.52. The molecular weight excluding hydrogens is 295 g/mol. The molecule has 0 bridgehead atoms. The summed E-state index contributed by atoms with van der Waals surface area (Å²) in [6, 6.07) is 13.6. The third-order valence-corrected chi connectivity index (χ3v) is 3.88. The predicted octanol–water partition coefficient (Wildman–Crippen LogP) is 1.88.